The maximum Gasteiger partial charge on any atom is 0.337 e. The predicted molar refractivity (Wildman–Crippen MR) is 131 cm³/mol. The van der Waals surface area contributed by atoms with Crippen LogP contribution in [0, 0.1) is 0 Å². The van der Waals surface area contributed by atoms with Crippen LogP contribution in [-0.4, -0.2) is 64.3 Å². The molecule has 190 valence electrons. The van der Waals surface area contributed by atoms with E-state index < -0.39 is 5.97 Å². The van der Waals surface area contributed by atoms with Crippen LogP contribution in [-0.2, 0) is 18.0 Å². The van der Waals surface area contributed by atoms with Crippen molar-refractivity contribution in [2.45, 2.75) is 25.7 Å². The Hall–Kier alpha value is -4.45. The summed E-state index contributed by atoms with van der Waals surface area (Å²) in [6, 6.07) is 8.31. The fourth-order valence-corrected chi connectivity index (χ4v) is 4.51. The smallest absolute Gasteiger partial charge is 0.337 e. The van der Waals surface area contributed by atoms with Gasteiger partial charge in [-0.2, -0.15) is 4.98 Å². The van der Waals surface area contributed by atoms with E-state index in [-0.39, 0.29) is 23.2 Å². The Balaban J connectivity index is 1.16. The largest absolute Gasteiger partial charge is 0.486 e. The second-order valence-electron chi connectivity index (χ2n) is 8.92. The summed E-state index contributed by atoms with van der Waals surface area (Å²) < 4.78 is 16.9. The molecule has 6 rings (SSSR count). The molecule has 12 heteroatoms. The molecule has 37 heavy (non-hydrogen) atoms. The summed E-state index contributed by atoms with van der Waals surface area (Å²) >= 11 is 0. The van der Waals surface area contributed by atoms with Crippen molar-refractivity contribution in [1.29, 1.82) is 0 Å². The molecule has 3 aliphatic rings. The second-order valence-corrected chi connectivity index (χ2v) is 8.92. The fraction of sp³-hybridized carbons (Fsp3) is 0.320. The molecule has 3 N–H and O–H groups in total. The summed E-state index contributed by atoms with van der Waals surface area (Å²) in [5.74, 6) is 1.19. The average Bonchev–Trinajstić information content (AvgIpc) is 3.58. The van der Waals surface area contributed by atoms with Crippen LogP contribution in [0.2, 0.25) is 0 Å². The van der Waals surface area contributed by atoms with E-state index in [0.29, 0.717) is 69.2 Å². The van der Waals surface area contributed by atoms with E-state index in [1.165, 1.54) is 18.3 Å². The Morgan fingerprint density at radius 2 is 1.92 bits per heavy atom. The van der Waals surface area contributed by atoms with Crippen LogP contribution in [0.3, 0.4) is 0 Å². The zero-order chi connectivity index (χ0) is 25.4. The van der Waals surface area contributed by atoms with Gasteiger partial charge in [0.15, 0.2) is 11.5 Å². The fourth-order valence-electron chi connectivity index (χ4n) is 4.51. The molecule has 0 saturated carbocycles. The quantitative estimate of drug-likeness (QED) is 0.453. The minimum atomic E-state index is -1.09. The number of fused-ring (bicyclic) bond motifs is 2. The second kappa shape index (κ2) is 9.54. The van der Waals surface area contributed by atoms with E-state index in [1.807, 2.05) is 23.1 Å². The first kappa shape index (κ1) is 23.0. The highest BCUT2D eigenvalue weighted by molar-refractivity contribution is 5.94. The Bertz CT molecular complexity index is 1360. The van der Waals surface area contributed by atoms with Gasteiger partial charge < -0.3 is 34.9 Å². The van der Waals surface area contributed by atoms with E-state index in [4.69, 9.17) is 29.3 Å². The van der Waals surface area contributed by atoms with Crippen molar-refractivity contribution in [3.05, 3.63) is 59.0 Å². The maximum atomic E-state index is 12.6. The molecule has 5 heterocycles. The van der Waals surface area contributed by atoms with Gasteiger partial charge in [0, 0.05) is 42.6 Å². The molecule has 1 saturated heterocycles. The number of rotatable bonds is 6. The number of aromatic carboxylic acids is 1. The number of amides is 1. The molecule has 1 fully saturated rings. The summed E-state index contributed by atoms with van der Waals surface area (Å²) in [7, 11) is 0. The van der Waals surface area contributed by atoms with Crippen LogP contribution in [0.5, 0.6) is 11.5 Å². The first-order valence-electron chi connectivity index (χ1n) is 11.9. The molecule has 1 amide bonds. The van der Waals surface area contributed by atoms with E-state index in [0.717, 1.165) is 16.9 Å². The Morgan fingerprint density at radius 1 is 1.05 bits per heavy atom. The lowest BCUT2D eigenvalue weighted by Gasteiger charge is -2.21. The van der Waals surface area contributed by atoms with Crippen molar-refractivity contribution < 1.29 is 28.9 Å². The van der Waals surface area contributed by atoms with Gasteiger partial charge in [-0.15, -0.1) is 0 Å². The predicted octanol–water partition coefficient (Wildman–Crippen LogP) is 2.12. The molecular weight excluding hydrogens is 480 g/mol. The standard InChI is InChI=1S/C25H24N6O6/c32-23(18-3-1-14(10-26-18)24(33)34)28-16-5-6-31(11-16)25-29-19-13-35-12-17(19)22(30-25)27-15-2-4-20-21(9-15)37-8-7-36-20/h1-4,9-10,16H,5-8,11-13H2,(H,28,32)(H,33,34)(H,27,29,30). The molecule has 0 bridgehead atoms. The van der Waals surface area contributed by atoms with Crippen LogP contribution in [0.25, 0.3) is 0 Å². The van der Waals surface area contributed by atoms with Crippen LogP contribution in [0.4, 0.5) is 17.5 Å². The van der Waals surface area contributed by atoms with Crippen molar-refractivity contribution in [3.8, 4) is 11.5 Å². The number of carbonyl (C=O) groups excluding carboxylic acids is 1. The lowest BCUT2D eigenvalue weighted by Crippen LogP contribution is -2.37. The number of nitrogens with zero attached hydrogens (tertiary/aromatic N) is 4. The highest BCUT2D eigenvalue weighted by Crippen LogP contribution is 2.35. The van der Waals surface area contributed by atoms with E-state index in [9.17, 15) is 9.59 Å². The molecule has 2 aromatic heterocycles. The number of benzene rings is 1. The molecule has 0 radical (unpaired) electrons. The third-order valence-corrected chi connectivity index (χ3v) is 6.42. The number of ether oxygens (including phenoxy) is 3. The molecule has 3 aromatic rings. The number of anilines is 3. The number of pyridine rings is 1. The molecule has 12 nitrogen and oxygen atoms in total. The lowest BCUT2D eigenvalue weighted by molar-refractivity contribution is 0.0695. The summed E-state index contributed by atoms with van der Waals surface area (Å²) in [6.07, 6.45) is 1.88. The third-order valence-electron chi connectivity index (χ3n) is 6.42. The number of aromatic nitrogens is 3. The van der Waals surface area contributed by atoms with Gasteiger partial charge in [-0.1, -0.05) is 0 Å². The lowest BCUT2D eigenvalue weighted by atomic mass is 10.2. The van der Waals surface area contributed by atoms with Crippen LogP contribution in [0.1, 0.15) is 38.5 Å². The molecule has 1 unspecified atom stereocenters. The van der Waals surface area contributed by atoms with Crippen LogP contribution >= 0.6 is 0 Å². The van der Waals surface area contributed by atoms with Gasteiger partial charge in [-0.05, 0) is 30.7 Å². The third kappa shape index (κ3) is 4.70. The van der Waals surface area contributed by atoms with Crippen molar-refractivity contribution in [2.75, 3.05) is 36.5 Å². The molecule has 0 spiro atoms. The SMILES string of the molecule is O=C(O)c1ccc(C(=O)NC2CCN(c3nc4c(c(Nc5ccc6c(c5)OCCO6)n3)COC4)C2)nc1. The van der Waals surface area contributed by atoms with Crippen molar-refractivity contribution in [2.24, 2.45) is 0 Å². The van der Waals surface area contributed by atoms with Gasteiger partial charge in [0.2, 0.25) is 5.95 Å². The number of hydrogen-bond acceptors (Lipinski definition) is 10. The molecule has 1 atom stereocenters. The molecule has 3 aliphatic heterocycles. The van der Waals surface area contributed by atoms with Crippen molar-refractivity contribution in [1.82, 2.24) is 20.3 Å². The maximum absolute atomic E-state index is 12.6. The topological polar surface area (TPSA) is 148 Å². The molecule has 1 aromatic carbocycles. The van der Waals surface area contributed by atoms with Crippen LogP contribution < -0.4 is 25.0 Å². The average molecular weight is 505 g/mol. The van der Waals surface area contributed by atoms with Crippen molar-refractivity contribution >= 4 is 29.3 Å². The number of carbonyl (C=O) groups is 2. The first-order chi connectivity index (χ1) is 18.0. The van der Waals surface area contributed by atoms with Gasteiger partial charge in [0.05, 0.1) is 24.5 Å². The summed E-state index contributed by atoms with van der Waals surface area (Å²) in [5, 5.41) is 15.4. The highest BCUT2D eigenvalue weighted by atomic mass is 16.6. The number of nitrogens with one attached hydrogen (secondary N) is 2. The van der Waals surface area contributed by atoms with E-state index in [1.54, 1.807) is 0 Å². The van der Waals surface area contributed by atoms with Crippen LogP contribution in [0.15, 0.2) is 36.5 Å². The monoisotopic (exact) mass is 504 g/mol. The first-order valence-corrected chi connectivity index (χ1v) is 11.9. The van der Waals surface area contributed by atoms with Gasteiger partial charge in [0.1, 0.15) is 24.7 Å². The van der Waals surface area contributed by atoms with Gasteiger partial charge >= 0.3 is 5.97 Å². The van der Waals surface area contributed by atoms with Gasteiger partial charge in [-0.25, -0.2) is 9.78 Å². The number of carboxylic acids is 1. The summed E-state index contributed by atoms with van der Waals surface area (Å²) in [4.78, 5) is 39.2. The summed E-state index contributed by atoms with van der Waals surface area (Å²) in [6.45, 7) is 3.07. The number of carboxylic acid groups (broad SMARTS) is 1. The summed E-state index contributed by atoms with van der Waals surface area (Å²) in [5.41, 5.74) is 2.76. The minimum absolute atomic E-state index is 0.0296. The van der Waals surface area contributed by atoms with Crippen molar-refractivity contribution in [3.63, 3.8) is 0 Å². The molecule has 0 aliphatic carbocycles. The van der Waals surface area contributed by atoms with E-state index >= 15 is 0 Å². The van der Waals surface area contributed by atoms with Gasteiger partial charge in [-0.3, -0.25) is 9.78 Å². The van der Waals surface area contributed by atoms with E-state index in [2.05, 4.69) is 15.6 Å². The number of hydrogen-bond donors (Lipinski definition) is 3. The normalized spacial score (nSPS) is 17.8. The Kier molecular flexibility index (Phi) is 5.93. The zero-order valence-electron chi connectivity index (χ0n) is 19.8. The Morgan fingerprint density at radius 3 is 2.73 bits per heavy atom. The molecular formula is C25H24N6O6. The Labute approximate surface area is 211 Å². The van der Waals surface area contributed by atoms with Gasteiger partial charge in [0.25, 0.3) is 5.91 Å². The minimum Gasteiger partial charge on any atom is -0.486 e. The zero-order valence-corrected chi connectivity index (χ0v) is 19.8. The highest BCUT2D eigenvalue weighted by Gasteiger charge is 2.29.